The van der Waals surface area contributed by atoms with E-state index in [1.165, 1.54) is 12.1 Å². The second-order valence-electron chi connectivity index (χ2n) is 3.84. The SMILES string of the molecule is CCOCCOCCCOc1cccc(C(=O)O)c1. The van der Waals surface area contributed by atoms with Crippen molar-refractivity contribution in [1.29, 1.82) is 0 Å². The molecule has 1 rings (SSSR count). The van der Waals surface area contributed by atoms with Crippen molar-refractivity contribution in [3.63, 3.8) is 0 Å². The summed E-state index contributed by atoms with van der Waals surface area (Å²) in [6, 6.07) is 6.45. The van der Waals surface area contributed by atoms with Crippen molar-refractivity contribution in [2.24, 2.45) is 0 Å². The van der Waals surface area contributed by atoms with Gasteiger partial charge in [-0.1, -0.05) is 6.07 Å². The third kappa shape index (κ3) is 6.79. The predicted octanol–water partition coefficient (Wildman–Crippen LogP) is 2.21. The monoisotopic (exact) mass is 268 g/mol. The fraction of sp³-hybridized carbons (Fsp3) is 0.500. The Balaban J connectivity index is 2.12. The van der Waals surface area contributed by atoms with Gasteiger partial charge in [-0.2, -0.15) is 0 Å². The number of aromatic carboxylic acids is 1. The zero-order valence-corrected chi connectivity index (χ0v) is 11.1. The van der Waals surface area contributed by atoms with Crippen LogP contribution < -0.4 is 4.74 Å². The first-order valence-corrected chi connectivity index (χ1v) is 6.35. The molecule has 5 heteroatoms. The third-order valence-corrected chi connectivity index (χ3v) is 2.36. The van der Waals surface area contributed by atoms with Gasteiger partial charge in [-0.25, -0.2) is 4.79 Å². The zero-order chi connectivity index (χ0) is 13.9. The highest BCUT2D eigenvalue weighted by molar-refractivity contribution is 5.87. The van der Waals surface area contributed by atoms with Crippen molar-refractivity contribution in [3.05, 3.63) is 29.8 Å². The van der Waals surface area contributed by atoms with Crippen LogP contribution in [0, 0.1) is 0 Å². The van der Waals surface area contributed by atoms with Crippen LogP contribution in [0.15, 0.2) is 24.3 Å². The van der Waals surface area contributed by atoms with Crippen LogP contribution in [0.4, 0.5) is 0 Å². The molecular weight excluding hydrogens is 248 g/mol. The van der Waals surface area contributed by atoms with Crippen molar-refractivity contribution in [3.8, 4) is 5.75 Å². The van der Waals surface area contributed by atoms with E-state index in [-0.39, 0.29) is 5.56 Å². The summed E-state index contributed by atoms with van der Waals surface area (Å²) in [5, 5.41) is 8.83. The summed E-state index contributed by atoms with van der Waals surface area (Å²) in [5.41, 5.74) is 0.227. The summed E-state index contributed by atoms with van der Waals surface area (Å²) in [6.45, 7) is 4.94. The molecule has 0 spiro atoms. The van der Waals surface area contributed by atoms with E-state index in [1.54, 1.807) is 12.1 Å². The number of carbonyl (C=O) groups is 1. The number of hydrogen-bond acceptors (Lipinski definition) is 4. The van der Waals surface area contributed by atoms with Crippen molar-refractivity contribution in [2.75, 3.05) is 33.0 Å². The molecule has 0 saturated carbocycles. The van der Waals surface area contributed by atoms with Gasteiger partial charge in [-0.05, 0) is 25.1 Å². The third-order valence-electron chi connectivity index (χ3n) is 2.36. The quantitative estimate of drug-likeness (QED) is 0.659. The van der Waals surface area contributed by atoms with Crippen molar-refractivity contribution < 1.29 is 24.1 Å². The Bertz CT molecular complexity index is 378. The molecule has 0 unspecified atom stereocenters. The van der Waals surface area contributed by atoms with Gasteiger partial charge in [0.2, 0.25) is 0 Å². The molecule has 0 aliphatic rings. The number of ether oxygens (including phenoxy) is 3. The van der Waals surface area contributed by atoms with Crippen LogP contribution in [0.25, 0.3) is 0 Å². The van der Waals surface area contributed by atoms with E-state index in [0.29, 0.717) is 38.8 Å². The number of carboxylic acids is 1. The second-order valence-corrected chi connectivity index (χ2v) is 3.84. The Morgan fingerprint density at radius 2 is 1.95 bits per heavy atom. The van der Waals surface area contributed by atoms with Crippen LogP contribution in [-0.2, 0) is 9.47 Å². The van der Waals surface area contributed by atoms with Crippen LogP contribution >= 0.6 is 0 Å². The van der Waals surface area contributed by atoms with Crippen LogP contribution in [0.3, 0.4) is 0 Å². The molecule has 0 saturated heterocycles. The highest BCUT2D eigenvalue weighted by atomic mass is 16.5. The van der Waals surface area contributed by atoms with E-state index >= 15 is 0 Å². The zero-order valence-electron chi connectivity index (χ0n) is 11.1. The molecule has 1 N–H and O–H groups in total. The molecule has 0 bridgehead atoms. The van der Waals surface area contributed by atoms with Gasteiger partial charge in [0.15, 0.2) is 0 Å². The van der Waals surface area contributed by atoms with Gasteiger partial charge in [0.25, 0.3) is 0 Å². The molecule has 0 atom stereocenters. The Hall–Kier alpha value is -1.59. The summed E-state index contributed by atoms with van der Waals surface area (Å²) in [6.07, 6.45) is 0.753. The Kier molecular flexibility index (Phi) is 7.62. The molecule has 1 aromatic rings. The minimum absolute atomic E-state index is 0.227. The molecule has 0 amide bonds. The second kappa shape index (κ2) is 9.35. The Labute approximate surface area is 113 Å². The maximum absolute atomic E-state index is 10.8. The molecule has 0 heterocycles. The van der Waals surface area contributed by atoms with E-state index < -0.39 is 5.97 Å². The van der Waals surface area contributed by atoms with Crippen molar-refractivity contribution in [1.82, 2.24) is 0 Å². The van der Waals surface area contributed by atoms with Gasteiger partial charge in [0, 0.05) is 19.6 Å². The first-order valence-electron chi connectivity index (χ1n) is 6.35. The van der Waals surface area contributed by atoms with Crippen LogP contribution in [-0.4, -0.2) is 44.1 Å². The lowest BCUT2D eigenvalue weighted by molar-refractivity contribution is 0.0482. The average molecular weight is 268 g/mol. The van der Waals surface area contributed by atoms with Crippen molar-refractivity contribution in [2.45, 2.75) is 13.3 Å². The van der Waals surface area contributed by atoms with Gasteiger partial charge in [-0.3, -0.25) is 0 Å². The molecule has 0 radical (unpaired) electrons. The maximum Gasteiger partial charge on any atom is 0.335 e. The maximum atomic E-state index is 10.8. The highest BCUT2D eigenvalue weighted by Crippen LogP contribution is 2.13. The molecule has 0 fully saturated rings. The van der Waals surface area contributed by atoms with Gasteiger partial charge < -0.3 is 19.3 Å². The average Bonchev–Trinajstić information content (AvgIpc) is 2.42. The molecule has 0 aliphatic carbocycles. The highest BCUT2D eigenvalue weighted by Gasteiger charge is 2.03. The first kappa shape index (κ1) is 15.5. The van der Waals surface area contributed by atoms with E-state index in [2.05, 4.69) is 0 Å². The van der Waals surface area contributed by atoms with E-state index in [1.807, 2.05) is 6.92 Å². The Morgan fingerprint density at radius 1 is 1.16 bits per heavy atom. The van der Waals surface area contributed by atoms with Gasteiger partial charge >= 0.3 is 5.97 Å². The Morgan fingerprint density at radius 3 is 2.68 bits per heavy atom. The van der Waals surface area contributed by atoms with E-state index in [0.717, 1.165) is 6.42 Å². The van der Waals surface area contributed by atoms with E-state index in [9.17, 15) is 4.79 Å². The molecule has 0 aliphatic heterocycles. The van der Waals surface area contributed by atoms with E-state index in [4.69, 9.17) is 19.3 Å². The van der Waals surface area contributed by atoms with Crippen LogP contribution in [0.2, 0.25) is 0 Å². The number of hydrogen-bond donors (Lipinski definition) is 1. The molecule has 5 nitrogen and oxygen atoms in total. The molecule has 0 aromatic heterocycles. The minimum atomic E-state index is -0.954. The summed E-state index contributed by atoms with van der Waals surface area (Å²) in [7, 11) is 0. The lowest BCUT2D eigenvalue weighted by atomic mass is 10.2. The lowest BCUT2D eigenvalue weighted by Gasteiger charge is -2.07. The standard InChI is InChI=1S/C14H20O5/c1-2-17-9-10-18-7-4-8-19-13-6-3-5-12(11-13)14(15)16/h3,5-6,11H,2,4,7-10H2,1H3,(H,15,16). The first-order chi connectivity index (χ1) is 9.24. The van der Waals surface area contributed by atoms with Gasteiger partial charge in [0.05, 0.1) is 25.4 Å². The summed E-state index contributed by atoms with van der Waals surface area (Å²) < 4.78 is 15.9. The fourth-order valence-electron chi connectivity index (χ4n) is 1.43. The predicted molar refractivity (Wildman–Crippen MR) is 70.8 cm³/mol. The molecule has 19 heavy (non-hydrogen) atoms. The van der Waals surface area contributed by atoms with Crippen molar-refractivity contribution >= 4 is 5.97 Å². The molecular formula is C14H20O5. The largest absolute Gasteiger partial charge is 0.493 e. The minimum Gasteiger partial charge on any atom is -0.493 e. The van der Waals surface area contributed by atoms with Crippen LogP contribution in [0.5, 0.6) is 5.75 Å². The summed E-state index contributed by atoms with van der Waals surface area (Å²) in [5.74, 6) is -0.390. The molecule has 1 aromatic carbocycles. The molecule has 106 valence electrons. The smallest absolute Gasteiger partial charge is 0.335 e. The van der Waals surface area contributed by atoms with Gasteiger partial charge in [-0.15, -0.1) is 0 Å². The fourth-order valence-corrected chi connectivity index (χ4v) is 1.43. The van der Waals surface area contributed by atoms with Gasteiger partial charge in [0.1, 0.15) is 5.75 Å². The summed E-state index contributed by atoms with van der Waals surface area (Å²) in [4.78, 5) is 10.8. The number of carboxylic acid groups (broad SMARTS) is 1. The summed E-state index contributed by atoms with van der Waals surface area (Å²) >= 11 is 0. The van der Waals surface area contributed by atoms with Crippen LogP contribution in [0.1, 0.15) is 23.7 Å². The lowest BCUT2D eigenvalue weighted by Crippen LogP contribution is -2.08. The number of benzene rings is 1. The number of rotatable bonds is 10. The topological polar surface area (TPSA) is 65.0 Å². The normalized spacial score (nSPS) is 10.4.